The van der Waals surface area contributed by atoms with Gasteiger partial charge in [-0.15, -0.1) is 0 Å². The fraction of sp³-hybridized carbons (Fsp3) is 0.350. The van der Waals surface area contributed by atoms with Crippen molar-refractivity contribution in [3.8, 4) is 11.5 Å². The minimum atomic E-state index is -0.649. The summed E-state index contributed by atoms with van der Waals surface area (Å²) >= 11 is 0. The van der Waals surface area contributed by atoms with Crippen molar-refractivity contribution in [1.29, 1.82) is 0 Å². The predicted octanol–water partition coefficient (Wildman–Crippen LogP) is 2.09. The highest BCUT2D eigenvalue weighted by Gasteiger charge is 2.32. The zero-order valence-electron chi connectivity index (χ0n) is 14.8. The second-order valence-corrected chi connectivity index (χ2v) is 6.86. The largest absolute Gasteiger partial charge is 0.486 e. The van der Waals surface area contributed by atoms with E-state index in [9.17, 15) is 13.6 Å². The molecule has 2 N–H and O–H groups in total. The minimum absolute atomic E-state index is 0.130. The number of amides is 1. The molecule has 0 saturated carbocycles. The Morgan fingerprint density at radius 1 is 1.11 bits per heavy atom. The van der Waals surface area contributed by atoms with Crippen LogP contribution in [0, 0.1) is 11.6 Å². The van der Waals surface area contributed by atoms with E-state index in [2.05, 4.69) is 5.32 Å². The summed E-state index contributed by atoms with van der Waals surface area (Å²) in [6.45, 7) is 2.11. The van der Waals surface area contributed by atoms with E-state index in [1.807, 2.05) is 18.2 Å². The van der Waals surface area contributed by atoms with Crippen molar-refractivity contribution in [2.24, 2.45) is 0 Å². The molecule has 4 rings (SSSR count). The van der Waals surface area contributed by atoms with Gasteiger partial charge >= 0.3 is 0 Å². The summed E-state index contributed by atoms with van der Waals surface area (Å²) in [5.74, 6) is -0.0990. The number of quaternary nitrogens is 1. The van der Waals surface area contributed by atoms with E-state index in [4.69, 9.17) is 9.47 Å². The van der Waals surface area contributed by atoms with Crippen LogP contribution in [0.1, 0.15) is 24.4 Å². The maximum Gasteiger partial charge on any atom is 0.279 e. The number of hydrogen-bond acceptors (Lipinski definition) is 3. The van der Waals surface area contributed by atoms with Crippen LogP contribution < -0.4 is 19.7 Å². The molecule has 2 heterocycles. The quantitative estimate of drug-likeness (QED) is 0.861. The van der Waals surface area contributed by atoms with Crippen LogP contribution in [0.3, 0.4) is 0 Å². The molecule has 0 spiro atoms. The molecule has 0 bridgehead atoms. The predicted molar refractivity (Wildman–Crippen MR) is 95.1 cm³/mol. The second-order valence-electron chi connectivity index (χ2n) is 6.86. The van der Waals surface area contributed by atoms with Crippen LogP contribution in [-0.2, 0) is 4.79 Å². The van der Waals surface area contributed by atoms with Gasteiger partial charge in [0.15, 0.2) is 18.0 Å². The number of likely N-dealkylation sites (tertiary alicyclic amines) is 1. The standard InChI is InChI=1S/C20H20F2N2O3/c21-14-4-5-15(22)16(11-14)23-20(25)12-24-7-1-2-17(24)13-3-6-18-19(10-13)27-9-8-26-18/h3-6,10-11,17H,1-2,7-9,12H2,(H,23,25)/p+1/t17-/m0/s1. The van der Waals surface area contributed by atoms with Crippen LogP contribution in [0.15, 0.2) is 36.4 Å². The highest BCUT2D eigenvalue weighted by molar-refractivity contribution is 5.91. The van der Waals surface area contributed by atoms with Gasteiger partial charge in [0.2, 0.25) is 0 Å². The third-order valence-corrected chi connectivity index (χ3v) is 5.04. The van der Waals surface area contributed by atoms with Gasteiger partial charge in [0.1, 0.15) is 30.9 Å². The van der Waals surface area contributed by atoms with Gasteiger partial charge in [-0.2, -0.15) is 0 Å². The molecule has 0 radical (unpaired) electrons. The number of carbonyl (C=O) groups excluding carboxylic acids is 1. The molecule has 2 aliphatic rings. The van der Waals surface area contributed by atoms with E-state index in [-0.39, 0.29) is 24.2 Å². The first-order chi connectivity index (χ1) is 13.1. The smallest absolute Gasteiger partial charge is 0.279 e. The van der Waals surface area contributed by atoms with Gasteiger partial charge in [-0.05, 0) is 30.3 Å². The SMILES string of the molecule is O=C(C[NH+]1CCC[C@H]1c1ccc2c(c1)OCCO2)Nc1cc(F)ccc1F. The number of benzene rings is 2. The van der Waals surface area contributed by atoms with Crippen LogP contribution in [-0.4, -0.2) is 32.2 Å². The molecular formula is C20H21F2N2O3+. The summed E-state index contributed by atoms with van der Waals surface area (Å²) in [7, 11) is 0. The van der Waals surface area contributed by atoms with E-state index in [0.717, 1.165) is 59.5 Å². The monoisotopic (exact) mass is 375 g/mol. The molecule has 2 aromatic rings. The molecule has 1 saturated heterocycles. The van der Waals surface area contributed by atoms with Crippen molar-refractivity contribution in [2.45, 2.75) is 18.9 Å². The van der Waals surface area contributed by atoms with Crippen molar-refractivity contribution >= 4 is 11.6 Å². The number of ether oxygens (including phenoxy) is 2. The first kappa shape index (κ1) is 17.7. The summed E-state index contributed by atoms with van der Waals surface area (Å²) < 4.78 is 38.2. The summed E-state index contributed by atoms with van der Waals surface area (Å²) in [6.07, 6.45) is 1.95. The Balaban J connectivity index is 1.45. The van der Waals surface area contributed by atoms with Gasteiger partial charge in [0, 0.05) is 24.5 Å². The second kappa shape index (κ2) is 7.52. The van der Waals surface area contributed by atoms with Crippen molar-refractivity contribution in [1.82, 2.24) is 0 Å². The molecule has 2 aromatic carbocycles. The van der Waals surface area contributed by atoms with Crippen LogP contribution in [0.5, 0.6) is 11.5 Å². The summed E-state index contributed by atoms with van der Waals surface area (Å²) in [5.41, 5.74) is 0.964. The van der Waals surface area contributed by atoms with Gasteiger partial charge < -0.3 is 19.7 Å². The Labute approximate surface area is 155 Å². The molecule has 2 atom stereocenters. The van der Waals surface area contributed by atoms with Crippen LogP contribution in [0.2, 0.25) is 0 Å². The van der Waals surface area contributed by atoms with E-state index in [1.165, 1.54) is 0 Å². The Morgan fingerprint density at radius 2 is 1.93 bits per heavy atom. The number of rotatable bonds is 4. The fourth-order valence-electron chi connectivity index (χ4n) is 3.80. The maximum absolute atomic E-state index is 13.7. The number of hydrogen-bond donors (Lipinski definition) is 2. The van der Waals surface area contributed by atoms with Crippen molar-refractivity contribution in [3.05, 3.63) is 53.6 Å². The third-order valence-electron chi connectivity index (χ3n) is 5.04. The lowest BCUT2D eigenvalue weighted by atomic mass is 10.0. The molecule has 2 aliphatic heterocycles. The van der Waals surface area contributed by atoms with Crippen molar-refractivity contribution < 1.29 is 27.9 Å². The summed E-state index contributed by atoms with van der Waals surface area (Å²) in [5, 5.41) is 2.48. The molecule has 0 aliphatic carbocycles. The third kappa shape index (κ3) is 3.88. The Morgan fingerprint density at radius 3 is 2.78 bits per heavy atom. The number of fused-ring (bicyclic) bond motifs is 1. The minimum Gasteiger partial charge on any atom is -0.486 e. The average Bonchev–Trinajstić information content (AvgIpc) is 3.12. The molecule has 1 amide bonds. The van der Waals surface area contributed by atoms with E-state index < -0.39 is 11.6 Å². The fourth-order valence-corrected chi connectivity index (χ4v) is 3.80. The lowest BCUT2D eigenvalue weighted by molar-refractivity contribution is -0.910. The number of anilines is 1. The van der Waals surface area contributed by atoms with Gasteiger partial charge in [0.05, 0.1) is 12.2 Å². The van der Waals surface area contributed by atoms with Crippen LogP contribution in [0.4, 0.5) is 14.5 Å². The molecule has 7 heteroatoms. The van der Waals surface area contributed by atoms with Gasteiger partial charge in [-0.1, -0.05) is 0 Å². The van der Waals surface area contributed by atoms with E-state index in [0.29, 0.717) is 13.2 Å². The molecule has 27 heavy (non-hydrogen) atoms. The first-order valence-electron chi connectivity index (χ1n) is 9.09. The van der Waals surface area contributed by atoms with Gasteiger partial charge in [-0.3, -0.25) is 4.79 Å². The number of halogens is 2. The lowest BCUT2D eigenvalue weighted by Crippen LogP contribution is -3.11. The number of carbonyl (C=O) groups is 1. The van der Waals surface area contributed by atoms with E-state index >= 15 is 0 Å². The molecule has 142 valence electrons. The molecule has 1 fully saturated rings. The Bertz CT molecular complexity index is 859. The van der Waals surface area contributed by atoms with E-state index in [1.54, 1.807) is 0 Å². The average molecular weight is 375 g/mol. The molecular weight excluding hydrogens is 354 g/mol. The van der Waals surface area contributed by atoms with Crippen molar-refractivity contribution in [3.63, 3.8) is 0 Å². The van der Waals surface area contributed by atoms with Gasteiger partial charge in [0.25, 0.3) is 5.91 Å². The lowest BCUT2D eigenvalue weighted by Gasteiger charge is -2.24. The molecule has 0 aromatic heterocycles. The normalized spacial score (nSPS) is 21.1. The topological polar surface area (TPSA) is 52.0 Å². The Kier molecular flexibility index (Phi) is 4.94. The van der Waals surface area contributed by atoms with Gasteiger partial charge in [-0.25, -0.2) is 8.78 Å². The zero-order chi connectivity index (χ0) is 18.8. The van der Waals surface area contributed by atoms with Crippen molar-refractivity contribution in [2.75, 3.05) is 31.6 Å². The highest BCUT2D eigenvalue weighted by Crippen LogP contribution is 2.33. The molecule has 1 unspecified atom stereocenters. The van der Waals surface area contributed by atoms with Crippen LogP contribution in [0.25, 0.3) is 0 Å². The summed E-state index contributed by atoms with van der Waals surface area (Å²) in [4.78, 5) is 13.5. The highest BCUT2D eigenvalue weighted by atomic mass is 19.1. The zero-order valence-corrected chi connectivity index (χ0v) is 14.8. The summed E-state index contributed by atoms with van der Waals surface area (Å²) in [6, 6.07) is 9.07. The van der Waals surface area contributed by atoms with Crippen LogP contribution >= 0.6 is 0 Å². The Hall–Kier alpha value is -2.67. The maximum atomic E-state index is 13.7. The molecule has 5 nitrogen and oxygen atoms in total. The first-order valence-corrected chi connectivity index (χ1v) is 9.09. The number of nitrogens with one attached hydrogen (secondary N) is 2.